The quantitative estimate of drug-likeness (QED) is 0.855. The van der Waals surface area contributed by atoms with Crippen LogP contribution in [0.3, 0.4) is 0 Å². The Balaban J connectivity index is 2.18. The van der Waals surface area contributed by atoms with Crippen LogP contribution in [0.4, 0.5) is 11.4 Å². The molecule has 1 amide bonds. The minimum absolute atomic E-state index is 0.00137. The molecule has 0 saturated heterocycles. The monoisotopic (exact) mass is 385 g/mol. The van der Waals surface area contributed by atoms with Crippen LogP contribution in [0.2, 0.25) is 0 Å². The summed E-state index contributed by atoms with van der Waals surface area (Å²) in [4.78, 5) is 12.4. The molecule has 0 spiro atoms. The normalized spacial score (nSPS) is 11.5. The molecule has 0 aliphatic carbocycles. The van der Waals surface area contributed by atoms with Crippen LogP contribution in [0.5, 0.6) is 0 Å². The van der Waals surface area contributed by atoms with Gasteiger partial charge < -0.3 is 5.32 Å². The highest BCUT2D eigenvalue weighted by molar-refractivity contribution is 7.92. The van der Waals surface area contributed by atoms with Crippen molar-refractivity contribution in [2.24, 2.45) is 0 Å². The van der Waals surface area contributed by atoms with E-state index in [0.717, 1.165) is 16.1 Å². The molecule has 142 valence electrons. The largest absolute Gasteiger partial charge is 0.325 e. The molecule has 7 heteroatoms. The van der Waals surface area contributed by atoms with Gasteiger partial charge in [-0.25, -0.2) is 8.42 Å². The van der Waals surface area contributed by atoms with E-state index in [-0.39, 0.29) is 17.6 Å². The van der Waals surface area contributed by atoms with E-state index in [9.17, 15) is 13.2 Å². The molecular formula is C20H23N3O3S. The lowest BCUT2D eigenvalue weighted by Gasteiger charge is -2.22. The van der Waals surface area contributed by atoms with Crippen LogP contribution in [0.1, 0.15) is 31.9 Å². The van der Waals surface area contributed by atoms with Crippen LogP contribution in [0.15, 0.2) is 48.5 Å². The minimum atomic E-state index is -3.69. The number of anilines is 2. The van der Waals surface area contributed by atoms with E-state index in [2.05, 4.69) is 26.1 Å². The third kappa shape index (κ3) is 5.56. The maximum atomic E-state index is 12.4. The highest BCUT2D eigenvalue weighted by Gasteiger charge is 2.21. The summed E-state index contributed by atoms with van der Waals surface area (Å²) < 4.78 is 25.3. The first-order chi connectivity index (χ1) is 12.5. The van der Waals surface area contributed by atoms with Crippen LogP contribution in [-0.4, -0.2) is 27.1 Å². The molecule has 0 saturated carbocycles. The molecule has 2 rings (SSSR count). The van der Waals surface area contributed by atoms with E-state index >= 15 is 0 Å². The Labute approximate surface area is 160 Å². The van der Waals surface area contributed by atoms with Crippen molar-refractivity contribution in [2.45, 2.75) is 26.2 Å². The maximum absolute atomic E-state index is 12.4. The third-order valence-electron chi connectivity index (χ3n) is 3.99. The average molecular weight is 385 g/mol. The van der Waals surface area contributed by atoms with Crippen LogP contribution < -0.4 is 9.62 Å². The van der Waals surface area contributed by atoms with Gasteiger partial charge in [-0.1, -0.05) is 39.0 Å². The molecule has 0 bridgehead atoms. The number of sulfonamides is 1. The standard InChI is InChI=1S/C20H23N3O3S/c1-20(2,3)16-8-10-17(11-9-16)22-19(24)14-23(27(4,25)26)18-7-5-6-15(12-18)13-21/h5-12H,14H2,1-4H3,(H,22,24). The average Bonchev–Trinajstić information content (AvgIpc) is 2.58. The van der Waals surface area contributed by atoms with E-state index in [1.165, 1.54) is 6.07 Å². The topological polar surface area (TPSA) is 90.3 Å². The lowest BCUT2D eigenvalue weighted by Crippen LogP contribution is -2.37. The fourth-order valence-corrected chi connectivity index (χ4v) is 3.36. The van der Waals surface area contributed by atoms with Crippen molar-refractivity contribution in [2.75, 3.05) is 22.4 Å². The Morgan fingerprint density at radius 2 is 1.78 bits per heavy atom. The van der Waals surface area contributed by atoms with Gasteiger partial charge in [0, 0.05) is 5.69 Å². The summed E-state index contributed by atoms with van der Waals surface area (Å²) in [6, 6.07) is 15.5. The van der Waals surface area contributed by atoms with Crippen molar-refractivity contribution in [3.05, 3.63) is 59.7 Å². The number of nitriles is 1. The number of nitrogens with one attached hydrogen (secondary N) is 1. The smallest absolute Gasteiger partial charge is 0.245 e. The molecule has 27 heavy (non-hydrogen) atoms. The fraction of sp³-hybridized carbons (Fsp3) is 0.300. The first-order valence-electron chi connectivity index (χ1n) is 8.39. The number of carbonyl (C=O) groups is 1. The van der Waals surface area contributed by atoms with E-state index in [1.54, 1.807) is 30.3 Å². The molecule has 0 heterocycles. The second kappa shape index (κ2) is 7.80. The van der Waals surface area contributed by atoms with Crippen LogP contribution in [-0.2, 0) is 20.2 Å². The number of carbonyl (C=O) groups excluding carboxylic acids is 1. The Morgan fingerprint density at radius 1 is 1.15 bits per heavy atom. The van der Waals surface area contributed by atoms with Crippen molar-refractivity contribution in [1.29, 1.82) is 5.26 Å². The van der Waals surface area contributed by atoms with E-state index < -0.39 is 15.9 Å². The van der Waals surface area contributed by atoms with Gasteiger partial charge in [-0.3, -0.25) is 9.10 Å². The molecular weight excluding hydrogens is 362 g/mol. The summed E-state index contributed by atoms with van der Waals surface area (Å²) in [5.74, 6) is -0.466. The predicted octanol–water partition coefficient (Wildman–Crippen LogP) is 3.26. The molecule has 6 nitrogen and oxygen atoms in total. The molecule has 2 aromatic carbocycles. The highest BCUT2D eigenvalue weighted by Crippen LogP contribution is 2.24. The lowest BCUT2D eigenvalue weighted by atomic mass is 9.87. The van der Waals surface area contributed by atoms with Gasteiger partial charge in [-0.2, -0.15) is 5.26 Å². The van der Waals surface area contributed by atoms with Gasteiger partial charge in [0.1, 0.15) is 6.54 Å². The Hall–Kier alpha value is -2.85. The van der Waals surface area contributed by atoms with Crippen molar-refractivity contribution in [1.82, 2.24) is 0 Å². The molecule has 2 aromatic rings. The van der Waals surface area contributed by atoms with Gasteiger partial charge in [0.2, 0.25) is 15.9 Å². The van der Waals surface area contributed by atoms with E-state index in [1.807, 2.05) is 18.2 Å². The molecule has 0 atom stereocenters. The summed E-state index contributed by atoms with van der Waals surface area (Å²) in [6.45, 7) is 5.91. The zero-order valence-electron chi connectivity index (χ0n) is 15.9. The van der Waals surface area contributed by atoms with Gasteiger partial charge in [-0.05, 0) is 41.3 Å². The number of rotatable bonds is 5. The number of benzene rings is 2. The second-order valence-corrected chi connectivity index (χ2v) is 9.21. The van der Waals surface area contributed by atoms with Gasteiger partial charge >= 0.3 is 0 Å². The maximum Gasteiger partial charge on any atom is 0.245 e. The second-order valence-electron chi connectivity index (χ2n) is 7.31. The fourth-order valence-electron chi connectivity index (χ4n) is 2.52. The van der Waals surface area contributed by atoms with Crippen molar-refractivity contribution in [3.8, 4) is 6.07 Å². The molecule has 1 N–H and O–H groups in total. The summed E-state index contributed by atoms with van der Waals surface area (Å²) in [7, 11) is -3.69. The zero-order valence-corrected chi connectivity index (χ0v) is 16.7. The van der Waals surface area contributed by atoms with Gasteiger partial charge in [0.15, 0.2) is 0 Å². The Bertz CT molecular complexity index is 969. The van der Waals surface area contributed by atoms with Gasteiger partial charge in [-0.15, -0.1) is 0 Å². The van der Waals surface area contributed by atoms with Gasteiger partial charge in [0.25, 0.3) is 0 Å². The first kappa shape index (κ1) is 20.5. The Morgan fingerprint density at radius 3 is 2.30 bits per heavy atom. The lowest BCUT2D eigenvalue weighted by molar-refractivity contribution is -0.114. The molecule has 0 aliphatic heterocycles. The Kier molecular flexibility index (Phi) is 5.91. The molecule has 0 radical (unpaired) electrons. The minimum Gasteiger partial charge on any atom is -0.325 e. The number of amides is 1. The number of nitrogens with zero attached hydrogens (tertiary/aromatic N) is 2. The first-order valence-corrected chi connectivity index (χ1v) is 10.2. The van der Waals surface area contributed by atoms with Crippen LogP contribution in [0, 0.1) is 11.3 Å². The van der Waals surface area contributed by atoms with Crippen molar-refractivity contribution in [3.63, 3.8) is 0 Å². The van der Waals surface area contributed by atoms with Crippen LogP contribution >= 0.6 is 0 Å². The molecule has 0 aliphatic rings. The predicted molar refractivity (Wildman–Crippen MR) is 107 cm³/mol. The SMILES string of the molecule is CC(C)(C)c1ccc(NC(=O)CN(c2cccc(C#N)c2)S(C)(=O)=O)cc1. The summed E-state index contributed by atoms with van der Waals surface area (Å²) >= 11 is 0. The number of hydrogen-bond donors (Lipinski definition) is 1. The van der Waals surface area contributed by atoms with E-state index in [0.29, 0.717) is 11.3 Å². The van der Waals surface area contributed by atoms with Gasteiger partial charge in [0.05, 0.1) is 23.6 Å². The van der Waals surface area contributed by atoms with E-state index in [4.69, 9.17) is 5.26 Å². The molecule has 0 unspecified atom stereocenters. The molecule has 0 aromatic heterocycles. The number of hydrogen-bond acceptors (Lipinski definition) is 4. The highest BCUT2D eigenvalue weighted by atomic mass is 32.2. The van der Waals surface area contributed by atoms with Crippen molar-refractivity contribution < 1.29 is 13.2 Å². The van der Waals surface area contributed by atoms with Crippen molar-refractivity contribution >= 4 is 27.3 Å². The third-order valence-corrected chi connectivity index (χ3v) is 5.13. The zero-order chi connectivity index (χ0) is 20.2. The van der Waals surface area contributed by atoms with Crippen LogP contribution in [0.25, 0.3) is 0 Å². The molecule has 0 fully saturated rings. The summed E-state index contributed by atoms with van der Waals surface area (Å²) in [6.07, 6.45) is 1.03. The summed E-state index contributed by atoms with van der Waals surface area (Å²) in [5.41, 5.74) is 2.31. The summed E-state index contributed by atoms with van der Waals surface area (Å²) in [5, 5.41) is 11.7.